The van der Waals surface area contributed by atoms with Crippen molar-refractivity contribution in [2.75, 3.05) is 27.2 Å². The van der Waals surface area contributed by atoms with Crippen molar-refractivity contribution in [1.29, 1.82) is 0 Å². The lowest BCUT2D eigenvalue weighted by molar-refractivity contribution is -0.140. The molecule has 0 aliphatic rings. The van der Waals surface area contributed by atoms with E-state index in [0.29, 0.717) is 18.7 Å². The van der Waals surface area contributed by atoms with E-state index in [1.54, 1.807) is 49.3 Å². The molecule has 8 nitrogen and oxygen atoms in total. The summed E-state index contributed by atoms with van der Waals surface area (Å²) in [6.45, 7) is 4.66. The lowest BCUT2D eigenvalue weighted by Gasteiger charge is -2.29. The zero-order valence-electron chi connectivity index (χ0n) is 20.4. The SMILES string of the molecule is CCCNC(=O)[C@H](C)N(Cc1ccc(OC)cc1)C(=O)CCCN(C)S(=O)(=O)c1ccccc1. The van der Waals surface area contributed by atoms with Crippen LogP contribution in [0, 0.1) is 0 Å². The molecule has 0 spiro atoms. The summed E-state index contributed by atoms with van der Waals surface area (Å²) in [5, 5.41) is 2.84. The zero-order chi connectivity index (χ0) is 25.1. The largest absolute Gasteiger partial charge is 0.497 e. The molecule has 0 saturated carbocycles. The van der Waals surface area contributed by atoms with Gasteiger partial charge in [0.25, 0.3) is 0 Å². The predicted octanol–water partition coefficient (Wildman–Crippen LogP) is 3.04. The number of benzene rings is 2. The summed E-state index contributed by atoms with van der Waals surface area (Å²) in [6.07, 6.45) is 1.26. The second-order valence-electron chi connectivity index (χ2n) is 8.08. The van der Waals surface area contributed by atoms with Crippen LogP contribution in [-0.4, -0.2) is 62.7 Å². The van der Waals surface area contributed by atoms with Crippen molar-refractivity contribution < 1.29 is 22.7 Å². The van der Waals surface area contributed by atoms with E-state index < -0.39 is 16.1 Å². The van der Waals surface area contributed by atoms with E-state index in [4.69, 9.17) is 4.74 Å². The van der Waals surface area contributed by atoms with Gasteiger partial charge in [-0.15, -0.1) is 0 Å². The maximum atomic E-state index is 13.1. The minimum atomic E-state index is -3.62. The third-order valence-corrected chi connectivity index (χ3v) is 7.41. The minimum absolute atomic E-state index is 0.121. The highest BCUT2D eigenvalue weighted by molar-refractivity contribution is 7.89. The maximum absolute atomic E-state index is 13.1. The monoisotopic (exact) mass is 489 g/mol. The first-order valence-electron chi connectivity index (χ1n) is 11.4. The van der Waals surface area contributed by atoms with Crippen LogP contribution in [0.15, 0.2) is 59.5 Å². The van der Waals surface area contributed by atoms with Crippen LogP contribution in [0.5, 0.6) is 5.75 Å². The first-order valence-corrected chi connectivity index (χ1v) is 12.9. The van der Waals surface area contributed by atoms with Crippen LogP contribution in [0.25, 0.3) is 0 Å². The Kier molecular flexibility index (Phi) is 10.5. The second-order valence-corrected chi connectivity index (χ2v) is 10.1. The smallest absolute Gasteiger partial charge is 0.242 e. The summed E-state index contributed by atoms with van der Waals surface area (Å²) in [6, 6.07) is 14.9. The highest BCUT2D eigenvalue weighted by Gasteiger charge is 2.26. The number of nitrogens with one attached hydrogen (secondary N) is 1. The van der Waals surface area contributed by atoms with Gasteiger partial charge in [0.1, 0.15) is 11.8 Å². The molecule has 2 rings (SSSR count). The van der Waals surface area contributed by atoms with E-state index in [-0.39, 0.29) is 36.2 Å². The molecule has 0 unspecified atom stereocenters. The number of carbonyl (C=O) groups excluding carboxylic acids is 2. The van der Waals surface area contributed by atoms with E-state index in [0.717, 1.165) is 12.0 Å². The summed E-state index contributed by atoms with van der Waals surface area (Å²) in [5.74, 6) is 0.283. The highest BCUT2D eigenvalue weighted by atomic mass is 32.2. The summed E-state index contributed by atoms with van der Waals surface area (Å²) in [4.78, 5) is 27.5. The number of methoxy groups -OCH3 is 1. The average molecular weight is 490 g/mol. The molecule has 2 aromatic rings. The number of rotatable bonds is 13. The number of hydrogen-bond acceptors (Lipinski definition) is 5. The van der Waals surface area contributed by atoms with Crippen LogP contribution in [0.2, 0.25) is 0 Å². The van der Waals surface area contributed by atoms with E-state index >= 15 is 0 Å². The zero-order valence-corrected chi connectivity index (χ0v) is 21.2. The van der Waals surface area contributed by atoms with Gasteiger partial charge in [-0.2, -0.15) is 0 Å². The van der Waals surface area contributed by atoms with Crippen molar-refractivity contribution in [2.24, 2.45) is 0 Å². The molecule has 1 N–H and O–H groups in total. The highest BCUT2D eigenvalue weighted by Crippen LogP contribution is 2.17. The molecule has 0 aliphatic heterocycles. The molecular weight excluding hydrogens is 454 g/mol. The van der Waals surface area contributed by atoms with Crippen molar-refractivity contribution >= 4 is 21.8 Å². The first-order chi connectivity index (χ1) is 16.2. The molecule has 0 fully saturated rings. The topological polar surface area (TPSA) is 96.0 Å². The van der Waals surface area contributed by atoms with Crippen LogP contribution < -0.4 is 10.1 Å². The Balaban J connectivity index is 2.06. The average Bonchev–Trinajstić information content (AvgIpc) is 2.86. The number of hydrogen-bond donors (Lipinski definition) is 1. The van der Waals surface area contributed by atoms with Crippen LogP contribution in [-0.2, 0) is 26.2 Å². The van der Waals surface area contributed by atoms with Crippen molar-refractivity contribution in [3.8, 4) is 5.75 Å². The molecule has 34 heavy (non-hydrogen) atoms. The summed E-state index contributed by atoms with van der Waals surface area (Å²) < 4.78 is 31.8. The Hall–Kier alpha value is -2.91. The van der Waals surface area contributed by atoms with Gasteiger partial charge in [-0.25, -0.2) is 12.7 Å². The van der Waals surface area contributed by atoms with E-state index in [2.05, 4.69) is 5.32 Å². The van der Waals surface area contributed by atoms with Gasteiger partial charge in [0, 0.05) is 33.1 Å². The molecule has 2 aromatic carbocycles. The normalized spacial score (nSPS) is 12.3. The van der Waals surface area contributed by atoms with E-state index in [1.807, 2.05) is 31.2 Å². The quantitative estimate of drug-likeness (QED) is 0.467. The number of ether oxygens (including phenoxy) is 1. The molecule has 186 valence electrons. The fourth-order valence-corrected chi connectivity index (χ4v) is 4.63. The van der Waals surface area contributed by atoms with Gasteiger partial charge in [0.15, 0.2) is 0 Å². The maximum Gasteiger partial charge on any atom is 0.242 e. The number of sulfonamides is 1. The molecule has 2 amide bonds. The third kappa shape index (κ3) is 7.56. The summed E-state index contributed by atoms with van der Waals surface area (Å²) >= 11 is 0. The van der Waals surface area contributed by atoms with Crippen molar-refractivity contribution in [2.45, 2.75) is 50.6 Å². The van der Waals surface area contributed by atoms with Gasteiger partial charge in [-0.1, -0.05) is 37.3 Å². The van der Waals surface area contributed by atoms with Crippen LogP contribution in [0.1, 0.15) is 38.7 Å². The Morgan fingerprint density at radius 1 is 1.06 bits per heavy atom. The second kappa shape index (κ2) is 13.1. The van der Waals surface area contributed by atoms with Crippen LogP contribution >= 0.6 is 0 Å². The molecule has 0 saturated heterocycles. The predicted molar refractivity (Wildman–Crippen MR) is 132 cm³/mol. The fourth-order valence-electron chi connectivity index (χ4n) is 3.40. The van der Waals surface area contributed by atoms with Gasteiger partial charge >= 0.3 is 0 Å². The fraction of sp³-hybridized carbons (Fsp3) is 0.440. The van der Waals surface area contributed by atoms with Crippen molar-refractivity contribution in [1.82, 2.24) is 14.5 Å². The first kappa shape index (κ1) is 27.3. The Labute approximate surface area is 202 Å². The standard InChI is InChI=1S/C25H35N3O5S/c1-5-17-26-25(30)20(2)28(19-21-13-15-22(33-4)16-14-21)24(29)12-9-18-27(3)34(31,32)23-10-7-6-8-11-23/h6-8,10-11,13-16,20H,5,9,12,17-19H2,1-4H3,(H,26,30)/t20-/m0/s1. The van der Waals surface area contributed by atoms with Gasteiger partial charge in [-0.3, -0.25) is 9.59 Å². The van der Waals surface area contributed by atoms with Crippen LogP contribution in [0.4, 0.5) is 0 Å². The number of carbonyl (C=O) groups is 2. The van der Waals surface area contributed by atoms with Gasteiger partial charge in [0.05, 0.1) is 12.0 Å². The molecule has 0 aromatic heterocycles. The lowest BCUT2D eigenvalue weighted by atomic mass is 10.1. The third-order valence-electron chi connectivity index (χ3n) is 5.54. The minimum Gasteiger partial charge on any atom is -0.497 e. The van der Waals surface area contributed by atoms with Crippen molar-refractivity contribution in [3.63, 3.8) is 0 Å². The Morgan fingerprint density at radius 2 is 1.71 bits per heavy atom. The number of nitrogens with zero attached hydrogens (tertiary/aromatic N) is 2. The van der Waals surface area contributed by atoms with E-state index in [1.165, 1.54) is 11.4 Å². The molecule has 0 bridgehead atoms. The van der Waals surface area contributed by atoms with Gasteiger partial charge in [-0.05, 0) is 49.6 Å². The van der Waals surface area contributed by atoms with Gasteiger partial charge < -0.3 is 15.0 Å². The molecule has 0 aliphatic carbocycles. The number of amides is 2. The van der Waals surface area contributed by atoms with E-state index in [9.17, 15) is 18.0 Å². The Morgan fingerprint density at radius 3 is 2.29 bits per heavy atom. The Bertz CT molecular complexity index is 1030. The molecular formula is C25H35N3O5S. The van der Waals surface area contributed by atoms with Crippen molar-refractivity contribution in [3.05, 3.63) is 60.2 Å². The van der Waals surface area contributed by atoms with Crippen LogP contribution in [0.3, 0.4) is 0 Å². The summed E-state index contributed by atoms with van der Waals surface area (Å²) in [5.41, 5.74) is 0.869. The molecule has 0 radical (unpaired) electrons. The molecule has 0 heterocycles. The molecule has 1 atom stereocenters. The lowest BCUT2D eigenvalue weighted by Crippen LogP contribution is -2.47. The molecule has 9 heteroatoms. The van der Waals surface area contributed by atoms with Gasteiger partial charge in [0.2, 0.25) is 21.8 Å². The summed E-state index contributed by atoms with van der Waals surface area (Å²) in [7, 11) is -0.534.